The molecule has 1 aliphatic rings. The molecule has 0 amide bonds. The first-order chi connectivity index (χ1) is 4.70. The Bertz CT molecular complexity index is 102. The lowest BCUT2D eigenvalue weighted by molar-refractivity contribution is 0.0711. The molecule has 1 aliphatic heterocycles. The molecule has 0 aliphatic carbocycles. The molecule has 0 spiro atoms. The van der Waals surface area contributed by atoms with Gasteiger partial charge in [-0.3, -0.25) is 0 Å². The van der Waals surface area contributed by atoms with Crippen LogP contribution in [0.4, 0.5) is 0 Å². The number of likely N-dealkylation sites (N-methyl/N-ethyl adjacent to an activating group) is 1. The first kappa shape index (κ1) is 7.98. The van der Waals surface area contributed by atoms with E-state index in [9.17, 15) is 5.11 Å². The Morgan fingerprint density at radius 1 is 1.70 bits per heavy atom. The Kier molecular flexibility index (Phi) is 2.65. The van der Waals surface area contributed by atoms with Gasteiger partial charge in [-0.2, -0.15) is 0 Å². The first-order valence-corrected chi connectivity index (χ1v) is 3.76. The molecule has 0 aromatic carbocycles. The maximum Gasteiger partial charge on any atom is 0.0820 e. The van der Waals surface area contributed by atoms with Crippen LogP contribution >= 0.6 is 0 Å². The second-order valence-electron chi connectivity index (χ2n) is 3.18. The van der Waals surface area contributed by atoms with Crippen molar-refractivity contribution in [2.24, 2.45) is 0 Å². The van der Waals surface area contributed by atoms with Gasteiger partial charge in [0.25, 0.3) is 0 Å². The van der Waals surface area contributed by atoms with Crippen LogP contribution in [-0.4, -0.2) is 49.3 Å². The van der Waals surface area contributed by atoms with Crippen molar-refractivity contribution in [3.05, 3.63) is 0 Å². The largest absolute Gasteiger partial charge is 0.390 e. The molecule has 3 heteroatoms. The van der Waals surface area contributed by atoms with E-state index in [1.54, 1.807) is 0 Å². The fraction of sp³-hybridized carbons (Fsp3) is 1.00. The van der Waals surface area contributed by atoms with E-state index in [1.165, 1.54) is 0 Å². The summed E-state index contributed by atoms with van der Waals surface area (Å²) in [4.78, 5) is 2.00. The Labute approximate surface area is 62.0 Å². The van der Waals surface area contributed by atoms with Crippen molar-refractivity contribution in [2.45, 2.75) is 18.6 Å². The van der Waals surface area contributed by atoms with E-state index in [1.807, 2.05) is 19.0 Å². The van der Waals surface area contributed by atoms with Gasteiger partial charge in [0.1, 0.15) is 0 Å². The summed E-state index contributed by atoms with van der Waals surface area (Å²) in [6.45, 7) is 1.83. The highest BCUT2D eigenvalue weighted by Crippen LogP contribution is 2.07. The van der Waals surface area contributed by atoms with Crippen LogP contribution in [-0.2, 0) is 0 Å². The minimum Gasteiger partial charge on any atom is -0.390 e. The maximum absolute atomic E-state index is 9.44. The molecule has 0 bridgehead atoms. The molecule has 1 heterocycles. The van der Waals surface area contributed by atoms with E-state index < -0.39 is 0 Å². The summed E-state index contributed by atoms with van der Waals surface area (Å²) in [5, 5.41) is 12.6. The third kappa shape index (κ3) is 1.94. The topological polar surface area (TPSA) is 35.5 Å². The molecular formula is C7H16N2O. The molecule has 2 atom stereocenters. The van der Waals surface area contributed by atoms with Gasteiger partial charge in [-0.1, -0.05) is 0 Å². The van der Waals surface area contributed by atoms with Gasteiger partial charge in [0.2, 0.25) is 0 Å². The molecule has 0 aromatic heterocycles. The van der Waals surface area contributed by atoms with Crippen molar-refractivity contribution in [2.75, 3.05) is 27.2 Å². The van der Waals surface area contributed by atoms with Crippen molar-refractivity contribution in [1.29, 1.82) is 0 Å². The summed E-state index contributed by atoms with van der Waals surface area (Å²) in [6.07, 6.45) is 0.929. The number of hydrogen-bond acceptors (Lipinski definition) is 3. The average Bonchev–Trinajstić information content (AvgIpc) is 1.55. The molecule has 0 radical (unpaired) electrons. The lowest BCUT2D eigenvalue weighted by Gasteiger charge is -2.33. The number of aliphatic hydroxyl groups excluding tert-OH is 1. The van der Waals surface area contributed by atoms with Crippen LogP contribution in [0.5, 0.6) is 0 Å². The minimum absolute atomic E-state index is 0.191. The summed E-state index contributed by atoms with van der Waals surface area (Å²) >= 11 is 0. The molecule has 0 aromatic rings. The van der Waals surface area contributed by atoms with Crippen LogP contribution in [0.1, 0.15) is 6.42 Å². The minimum atomic E-state index is -0.191. The normalized spacial score (nSPS) is 28.2. The van der Waals surface area contributed by atoms with Crippen molar-refractivity contribution in [3.8, 4) is 0 Å². The van der Waals surface area contributed by atoms with Crippen molar-refractivity contribution in [3.63, 3.8) is 0 Å². The van der Waals surface area contributed by atoms with E-state index in [2.05, 4.69) is 5.32 Å². The first-order valence-electron chi connectivity index (χ1n) is 3.76. The van der Waals surface area contributed by atoms with Crippen molar-refractivity contribution >= 4 is 0 Å². The monoisotopic (exact) mass is 144 g/mol. The lowest BCUT2D eigenvalue weighted by Crippen LogP contribution is -2.53. The average molecular weight is 144 g/mol. The van der Waals surface area contributed by atoms with Crippen LogP contribution in [0.25, 0.3) is 0 Å². The highest BCUT2D eigenvalue weighted by atomic mass is 16.3. The fourth-order valence-corrected chi connectivity index (χ4v) is 1.14. The van der Waals surface area contributed by atoms with Crippen molar-refractivity contribution < 1.29 is 5.11 Å². The number of hydrogen-bond donors (Lipinski definition) is 2. The van der Waals surface area contributed by atoms with Gasteiger partial charge in [-0.25, -0.2) is 0 Å². The van der Waals surface area contributed by atoms with Crippen molar-refractivity contribution in [1.82, 2.24) is 10.2 Å². The van der Waals surface area contributed by atoms with Gasteiger partial charge >= 0.3 is 0 Å². The fourth-order valence-electron chi connectivity index (χ4n) is 1.14. The smallest absolute Gasteiger partial charge is 0.0820 e. The standard InChI is InChI=1S/C7H16N2O/c1-9(2)5-7(10)6-3-4-8-6/h6-8,10H,3-5H2,1-2H3. The summed E-state index contributed by atoms with van der Waals surface area (Å²) in [5.41, 5.74) is 0. The van der Waals surface area contributed by atoms with Crippen LogP contribution in [0.2, 0.25) is 0 Å². The van der Waals surface area contributed by atoms with Crippen LogP contribution < -0.4 is 5.32 Å². The molecule has 0 saturated carbocycles. The lowest BCUT2D eigenvalue weighted by atomic mass is 10.0. The van der Waals surface area contributed by atoms with E-state index in [0.717, 1.165) is 19.5 Å². The molecule has 1 saturated heterocycles. The van der Waals surface area contributed by atoms with E-state index in [4.69, 9.17) is 0 Å². The summed E-state index contributed by atoms with van der Waals surface area (Å²) in [6, 6.07) is 0.349. The molecular weight excluding hydrogens is 128 g/mol. The zero-order valence-electron chi connectivity index (χ0n) is 6.67. The molecule has 1 fully saturated rings. The van der Waals surface area contributed by atoms with Gasteiger partial charge in [0, 0.05) is 12.6 Å². The summed E-state index contributed by atoms with van der Waals surface area (Å²) < 4.78 is 0. The van der Waals surface area contributed by atoms with Gasteiger partial charge < -0.3 is 15.3 Å². The molecule has 1 rings (SSSR count). The highest BCUT2D eigenvalue weighted by Gasteiger charge is 2.24. The third-order valence-electron chi connectivity index (χ3n) is 1.88. The zero-order chi connectivity index (χ0) is 7.56. The SMILES string of the molecule is CN(C)CC(O)C1CCN1. The van der Waals surface area contributed by atoms with E-state index in [0.29, 0.717) is 6.04 Å². The van der Waals surface area contributed by atoms with Gasteiger partial charge in [0.05, 0.1) is 6.10 Å². The van der Waals surface area contributed by atoms with E-state index >= 15 is 0 Å². The summed E-state index contributed by atoms with van der Waals surface area (Å²) in [7, 11) is 3.95. The molecule has 2 unspecified atom stereocenters. The van der Waals surface area contributed by atoms with Crippen LogP contribution in [0.3, 0.4) is 0 Å². The van der Waals surface area contributed by atoms with E-state index in [-0.39, 0.29) is 6.10 Å². The maximum atomic E-state index is 9.44. The van der Waals surface area contributed by atoms with Gasteiger partial charge in [-0.05, 0) is 27.1 Å². The predicted octanol–water partition coefficient (Wildman–Crippen LogP) is -0.729. The summed E-state index contributed by atoms with van der Waals surface area (Å²) in [5.74, 6) is 0. The Balaban J connectivity index is 2.13. The number of aliphatic hydroxyl groups is 1. The number of rotatable bonds is 3. The quantitative estimate of drug-likeness (QED) is 0.548. The third-order valence-corrected chi connectivity index (χ3v) is 1.88. The number of nitrogens with one attached hydrogen (secondary N) is 1. The Hall–Kier alpha value is -0.120. The number of nitrogens with zero attached hydrogens (tertiary/aromatic N) is 1. The second-order valence-corrected chi connectivity index (χ2v) is 3.18. The Morgan fingerprint density at radius 2 is 2.30 bits per heavy atom. The molecule has 10 heavy (non-hydrogen) atoms. The van der Waals surface area contributed by atoms with Gasteiger partial charge in [0.15, 0.2) is 0 Å². The zero-order valence-corrected chi connectivity index (χ0v) is 6.67. The molecule has 60 valence electrons. The molecule has 3 nitrogen and oxygen atoms in total. The highest BCUT2D eigenvalue weighted by molar-refractivity contribution is 4.85. The van der Waals surface area contributed by atoms with Crippen LogP contribution in [0, 0.1) is 0 Å². The van der Waals surface area contributed by atoms with Crippen LogP contribution in [0.15, 0.2) is 0 Å². The molecule has 2 N–H and O–H groups in total. The van der Waals surface area contributed by atoms with Gasteiger partial charge in [-0.15, -0.1) is 0 Å². The second kappa shape index (κ2) is 3.32. The predicted molar refractivity (Wildman–Crippen MR) is 41.0 cm³/mol. The Morgan fingerprint density at radius 3 is 2.60 bits per heavy atom.